The molecule has 1 aromatic carbocycles. The van der Waals surface area contributed by atoms with Crippen LogP contribution in [0.3, 0.4) is 0 Å². The number of benzene rings is 1. The van der Waals surface area contributed by atoms with Crippen LogP contribution in [0.15, 0.2) is 36.1 Å². The maximum absolute atomic E-state index is 13.0. The first-order chi connectivity index (χ1) is 10.3. The van der Waals surface area contributed by atoms with Gasteiger partial charge in [-0.05, 0) is 45.1 Å². The summed E-state index contributed by atoms with van der Waals surface area (Å²) >= 11 is 0. The molecule has 3 nitrogen and oxygen atoms in total. The molecule has 22 heavy (non-hydrogen) atoms. The third kappa shape index (κ3) is 3.52. The molecule has 0 aliphatic carbocycles. The Hall–Kier alpha value is -1.77. The highest BCUT2D eigenvalue weighted by atomic mass is 16.5. The van der Waals surface area contributed by atoms with Crippen molar-refractivity contribution in [1.29, 1.82) is 0 Å². The molecule has 0 unspecified atom stereocenters. The molecule has 0 saturated heterocycles. The summed E-state index contributed by atoms with van der Waals surface area (Å²) in [6, 6.07) is 9.78. The van der Waals surface area contributed by atoms with Gasteiger partial charge in [0.25, 0.3) is 5.91 Å². The van der Waals surface area contributed by atoms with E-state index in [0.29, 0.717) is 24.0 Å². The predicted molar refractivity (Wildman–Crippen MR) is 90.0 cm³/mol. The van der Waals surface area contributed by atoms with Crippen LogP contribution in [-0.2, 0) is 9.53 Å². The number of rotatable bonds is 5. The van der Waals surface area contributed by atoms with E-state index in [4.69, 9.17) is 4.74 Å². The molecule has 1 aliphatic heterocycles. The molecule has 1 amide bonds. The Morgan fingerprint density at radius 2 is 1.86 bits per heavy atom. The summed E-state index contributed by atoms with van der Waals surface area (Å²) in [5.41, 5.74) is 1.40. The van der Waals surface area contributed by atoms with E-state index in [-0.39, 0.29) is 11.4 Å². The first-order valence-electron chi connectivity index (χ1n) is 8.04. The Morgan fingerprint density at radius 3 is 2.45 bits per heavy atom. The standard InChI is InChI=1S/C19H27NO2/c1-14(2)11-12-19(4,5)20-13-22-15(3)17(18(20)21)16-9-7-6-8-10-16/h6-10,14H,11-13H2,1-5H3. The van der Waals surface area contributed by atoms with Gasteiger partial charge in [0.1, 0.15) is 5.76 Å². The van der Waals surface area contributed by atoms with Crippen molar-refractivity contribution >= 4 is 11.5 Å². The van der Waals surface area contributed by atoms with Gasteiger partial charge < -0.3 is 9.64 Å². The van der Waals surface area contributed by atoms with E-state index in [9.17, 15) is 4.79 Å². The van der Waals surface area contributed by atoms with Gasteiger partial charge in [0, 0.05) is 5.54 Å². The maximum Gasteiger partial charge on any atom is 0.260 e. The fourth-order valence-electron chi connectivity index (χ4n) is 2.74. The Labute approximate surface area is 134 Å². The quantitative estimate of drug-likeness (QED) is 0.804. The van der Waals surface area contributed by atoms with Gasteiger partial charge in [-0.2, -0.15) is 0 Å². The van der Waals surface area contributed by atoms with Crippen LogP contribution in [0.25, 0.3) is 5.57 Å². The van der Waals surface area contributed by atoms with Crippen molar-refractivity contribution < 1.29 is 9.53 Å². The molecular weight excluding hydrogens is 274 g/mol. The van der Waals surface area contributed by atoms with Crippen molar-refractivity contribution in [3.05, 3.63) is 41.7 Å². The second-order valence-electron chi connectivity index (χ2n) is 7.05. The second kappa shape index (κ2) is 6.55. The minimum atomic E-state index is -0.206. The summed E-state index contributed by atoms with van der Waals surface area (Å²) in [6.07, 6.45) is 2.07. The number of hydrogen-bond acceptors (Lipinski definition) is 2. The van der Waals surface area contributed by atoms with Crippen molar-refractivity contribution in [2.45, 2.75) is 53.0 Å². The summed E-state index contributed by atoms with van der Waals surface area (Å²) in [7, 11) is 0. The Balaban J connectivity index is 2.26. The van der Waals surface area contributed by atoms with Gasteiger partial charge in [0.15, 0.2) is 6.73 Å². The number of nitrogens with zero attached hydrogens (tertiary/aromatic N) is 1. The molecule has 0 bridgehead atoms. The van der Waals surface area contributed by atoms with Gasteiger partial charge in [-0.3, -0.25) is 4.79 Å². The molecular formula is C19H27NO2. The normalized spacial score (nSPS) is 16.3. The number of allylic oxidation sites excluding steroid dienone is 1. The lowest BCUT2D eigenvalue weighted by Gasteiger charge is -2.42. The van der Waals surface area contributed by atoms with Crippen LogP contribution < -0.4 is 0 Å². The van der Waals surface area contributed by atoms with Gasteiger partial charge in [0.2, 0.25) is 0 Å². The van der Waals surface area contributed by atoms with Crippen LogP contribution in [0.2, 0.25) is 0 Å². The lowest BCUT2D eigenvalue weighted by molar-refractivity contribution is -0.139. The van der Waals surface area contributed by atoms with E-state index in [1.165, 1.54) is 0 Å². The molecule has 3 heteroatoms. The zero-order valence-electron chi connectivity index (χ0n) is 14.3. The number of ether oxygens (including phenoxy) is 1. The van der Waals surface area contributed by atoms with Crippen LogP contribution >= 0.6 is 0 Å². The van der Waals surface area contributed by atoms with E-state index in [1.54, 1.807) is 0 Å². The summed E-state index contributed by atoms with van der Waals surface area (Å²) < 4.78 is 5.81. The number of carbonyl (C=O) groups is 1. The summed E-state index contributed by atoms with van der Waals surface area (Å²) in [5, 5.41) is 0. The van der Waals surface area contributed by atoms with E-state index >= 15 is 0 Å². The molecule has 1 aromatic rings. The van der Waals surface area contributed by atoms with Crippen LogP contribution in [0, 0.1) is 5.92 Å². The van der Waals surface area contributed by atoms with Crippen molar-refractivity contribution in [2.75, 3.05) is 6.73 Å². The summed E-state index contributed by atoms with van der Waals surface area (Å²) in [5.74, 6) is 1.42. The maximum atomic E-state index is 13.0. The molecule has 0 spiro atoms. The molecule has 2 rings (SSSR count). The molecule has 120 valence electrons. The Bertz CT molecular complexity index is 558. The van der Waals surface area contributed by atoms with Crippen LogP contribution in [0.4, 0.5) is 0 Å². The smallest absolute Gasteiger partial charge is 0.260 e. The molecule has 1 heterocycles. The van der Waals surface area contributed by atoms with Crippen molar-refractivity contribution in [3.8, 4) is 0 Å². The Kier molecular flexibility index (Phi) is 4.94. The molecule has 0 N–H and O–H groups in total. The fourth-order valence-corrected chi connectivity index (χ4v) is 2.74. The average molecular weight is 301 g/mol. The molecule has 0 atom stereocenters. The van der Waals surface area contributed by atoms with Crippen molar-refractivity contribution in [1.82, 2.24) is 4.90 Å². The van der Waals surface area contributed by atoms with Crippen LogP contribution in [-0.4, -0.2) is 23.1 Å². The Morgan fingerprint density at radius 1 is 1.23 bits per heavy atom. The molecule has 0 aromatic heterocycles. The highest BCUT2D eigenvalue weighted by Crippen LogP contribution is 2.32. The van der Waals surface area contributed by atoms with Gasteiger partial charge in [-0.1, -0.05) is 44.2 Å². The molecule has 0 radical (unpaired) electrons. The van der Waals surface area contributed by atoms with E-state index < -0.39 is 0 Å². The van der Waals surface area contributed by atoms with E-state index in [2.05, 4.69) is 27.7 Å². The third-order valence-electron chi connectivity index (χ3n) is 4.35. The topological polar surface area (TPSA) is 29.5 Å². The highest BCUT2D eigenvalue weighted by molar-refractivity contribution is 6.20. The zero-order valence-corrected chi connectivity index (χ0v) is 14.3. The lowest BCUT2D eigenvalue weighted by Crippen LogP contribution is -2.51. The zero-order chi connectivity index (χ0) is 16.3. The highest BCUT2D eigenvalue weighted by Gasteiger charge is 2.37. The molecule has 0 saturated carbocycles. The van der Waals surface area contributed by atoms with Crippen LogP contribution in [0.1, 0.15) is 53.0 Å². The van der Waals surface area contributed by atoms with Gasteiger partial charge in [-0.25, -0.2) is 0 Å². The number of amides is 1. The SMILES string of the molecule is CC1=C(c2ccccc2)C(=O)N(C(C)(C)CCC(C)C)CO1. The second-order valence-corrected chi connectivity index (χ2v) is 7.05. The van der Waals surface area contributed by atoms with E-state index in [1.807, 2.05) is 42.2 Å². The fraction of sp³-hybridized carbons (Fsp3) is 0.526. The van der Waals surface area contributed by atoms with Gasteiger partial charge >= 0.3 is 0 Å². The van der Waals surface area contributed by atoms with Gasteiger partial charge in [0.05, 0.1) is 5.57 Å². The van der Waals surface area contributed by atoms with E-state index in [0.717, 1.165) is 18.4 Å². The first kappa shape index (κ1) is 16.6. The van der Waals surface area contributed by atoms with Gasteiger partial charge in [-0.15, -0.1) is 0 Å². The summed E-state index contributed by atoms with van der Waals surface area (Å²) in [4.78, 5) is 14.9. The number of hydrogen-bond donors (Lipinski definition) is 0. The number of carbonyl (C=O) groups excluding carboxylic acids is 1. The minimum absolute atomic E-state index is 0.0729. The minimum Gasteiger partial charge on any atom is -0.477 e. The van der Waals surface area contributed by atoms with Crippen molar-refractivity contribution in [3.63, 3.8) is 0 Å². The lowest BCUT2D eigenvalue weighted by atomic mass is 9.90. The largest absolute Gasteiger partial charge is 0.477 e. The first-order valence-corrected chi connectivity index (χ1v) is 8.04. The summed E-state index contributed by atoms with van der Waals surface area (Å²) in [6.45, 7) is 10.9. The predicted octanol–water partition coefficient (Wildman–Crippen LogP) is 4.45. The average Bonchev–Trinajstić information content (AvgIpc) is 2.46. The third-order valence-corrected chi connectivity index (χ3v) is 4.35. The van der Waals surface area contributed by atoms with Crippen LogP contribution in [0.5, 0.6) is 0 Å². The van der Waals surface area contributed by atoms with Crippen molar-refractivity contribution in [2.24, 2.45) is 5.92 Å². The molecule has 1 aliphatic rings. The molecule has 0 fully saturated rings. The monoisotopic (exact) mass is 301 g/mol.